The lowest BCUT2D eigenvalue weighted by molar-refractivity contribution is -0.137. The molecule has 7 heteroatoms. The van der Waals surface area contributed by atoms with Crippen molar-refractivity contribution in [2.45, 2.75) is 44.6 Å². The fourth-order valence-electron chi connectivity index (χ4n) is 4.18. The third-order valence-electron chi connectivity index (χ3n) is 5.76. The van der Waals surface area contributed by atoms with Gasteiger partial charge in [0, 0.05) is 25.6 Å². The second kappa shape index (κ2) is 9.87. The second-order valence-corrected chi connectivity index (χ2v) is 8.55. The highest BCUT2D eigenvalue weighted by Crippen LogP contribution is 2.29. The van der Waals surface area contributed by atoms with Gasteiger partial charge in [-0.2, -0.15) is 0 Å². The molecule has 0 radical (unpaired) electrons. The van der Waals surface area contributed by atoms with Gasteiger partial charge < -0.3 is 15.5 Å². The Hall–Kier alpha value is -2.15. The topological polar surface area (TPSA) is 78.5 Å². The van der Waals surface area contributed by atoms with Gasteiger partial charge in [-0.05, 0) is 43.0 Å². The quantitative estimate of drug-likeness (QED) is 0.687. The first-order valence-electron chi connectivity index (χ1n) is 10.1. The summed E-state index contributed by atoms with van der Waals surface area (Å²) in [6.45, 7) is 5.30. The maximum Gasteiger partial charge on any atom is 0.262 e. The number of hydrogen-bond donors (Lipinski definition) is 2. The number of nitrogens with zero attached hydrogens (tertiary/aromatic N) is 1. The summed E-state index contributed by atoms with van der Waals surface area (Å²) < 4.78 is 0. The van der Waals surface area contributed by atoms with E-state index in [-0.39, 0.29) is 29.6 Å². The average molecular weight is 404 g/mol. The Kier molecular flexibility index (Phi) is 7.25. The predicted molar refractivity (Wildman–Crippen MR) is 110 cm³/mol. The zero-order valence-electron chi connectivity index (χ0n) is 16.2. The van der Waals surface area contributed by atoms with E-state index in [9.17, 15) is 14.4 Å². The van der Waals surface area contributed by atoms with Crippen LogP contribution in [0, 0.1) is 11.8 Å². The fraction of sp³-hybridized carbons (Fsp3) is 0.571. The molecule has 2 aliphatic rings. The van der Waals surface area contributed by atoms with E-state index in [1.165, 1.54) is 11.3 Å². The van der Waals surface area contributed by atoms with Gasteiger partial charge in [0.1, 0.15) is 6.04 Å². The van der Waals surface area contributed by atoms with E-state index >= 15 is 0 Å². The third-order valence-corrected chi connectivity index (χ3v) is 6.63. The van der Waals surface area contributed by atoms with Crippen molar-refractivity contribution >= 4 is 29.1 Å². The fourth-order valence-corrected chi connectivity index (χ4v) is 4.81. The van der Waals surface area contributed by atoms with Gasteiger partial charge in [0.2, 0.25) is 11.8 Å². The molecule has 6 nitrogen and oxygen atoms in total. The first-order chi connectivity index (χ1) is 13.6. The minimum atomic E-state index is -0.599. The molecule has 1 aromatic heterocycles. The SMILES string of the molecule is C=CCNC(=O)[C@@H](NC(=O)c1cccs1)C1CCN(C(=O)C2CCCC2)CC1. The minimum absolute atomic E-state index is 0.0151. The van der Waals surface area contributed by atoms with Crippen LogP contribution in [-0.4, -0.2) is 48.3 Å². The van der Waals surface area contributed by atoms with Crippen LogP contribution in [0.25, 0.3) is 0 Å². The van der Waals surface area contributed by atoms with Crippen molar-refractivity contribution in [1.29, 1.82) is 0 Å². The summed E-state index contributed by atoms with van der Waals surface area (Å²) in [5, 5.41) is 7.57. The van der Waals surface area contributed by atoms with Crippen LogP contribution in [-0.2, 0) is 9.59 Å². The number of carbonyl (C=O) groups is 3. The molecule has 1 atom stereocenters. The molecule has 2 fully saturated rings. The van der Waals surface area contributed by atoms with Gasteiger partial charge in [0.25, 0.3) is 5.91 Å². The Morgan fingerprint density at radius 2 is 1.93 bits per heavy atom. The molecule has 1 aliphatic heterocycles. The molecule has 1 saturated carbocycles. The molecule has 0 spiro atoms. The maximum atomic E-state index is 12.7. The summed E-state index contributed by atoms with van der Waals surface area (Å²) in [4.78, 5) is 40.4. The first kappa shape index (κ1) is 20.6. The highest BCUT2D eigenvalue weighted by Gasteiger charge is 2.35. The normalized spacial score (nSPS) is 19.2. The van der Waals surface area contributed by atoms with Crippen molar-refractivity contribution in [3.05, 3.63) is 35.0 Å². The molecule has 152 valence electrons. The van der Waals surface area contributed by atoms with E-state index in [2.05, 4.69) is 17.2 Å². The monoisotopic (exact) mass is 403 g/mol. The van der Waals surface area contributed by atoms with Crippen LogP contribution in [0.1, 0.15) is 48.2 Å². The smallest absolute Gasteiger partial charge is 0.262 e. The highest BCUT2D eigenvalue weighted by molar-refractivity contribution is 7.12. The van der Waals surface area contributed by atoms with Crippen molar-refractivity contribution in [2.75, 3.05) is 19.6 Å². The zero-order chi connectivity index (χ0) is 19.9. The molecule has 0 bridgehead atoms. The Balaban J connectivity index is 1.61. The predicted octanol–water partition coefficient (Wildman–Crippen LogP) is 2.58. The van der Waals surface area contributed by atoms with Gasteiger partial charge >= 0.3 is 0 Å². The van der Waals surface area contributed by atoms with Gasteiger partial charge in [-0.15, -0.1) is 17.9 Å². The van der Waals surface area contributed by atoms with Gasteiger partial charge in [-0.1, -0.05) is 25.0 Å². The molecule has 0 aromatic carbocycles. The maximum absolute atomic E-state index is 12.7. The number of likely N-dealkylation sites (tertiary alicyclic amines) is 1. The van der Waals surface area contributed by atoms with Gasteiger partial charge in [-0.3, -0.25) is 14.4 Å². The van der Waals surface area contributed by atoms with Gasteiger partial charge in [0.15, 0.2) is 0 Å². The van der Waals surface area contributed by atoms with Crippen molar-refractivity contribution in [1.82, 2.24) is 15.5 Å². The second-order valence-electron chi connectivity index (χ2n) is 7.61. The number of piperidine rings is 1. The lowest BCUT2D eigenvalue weighted by atomic mass is 9.88. The Morgan fingerprint density at radius 3 is 2.54 bits per heavy atom. The molecule has 3 amide bonds. The van der Waals surface area contributed by atoms with E-state index in [0.717, 1.165) is 38.5 Å². The summed E-state index contributed by atoms with van der Waals surface area (Å²) in [6.07, 6.45) is 7.36. The number of amides is 3. The van der Waals surface area contributed by atoms with E-state index in [4.69, 9.17) is 0 Å². The number of carbonyl (C=O) groups excluding carboxylic acids is 3. The molecular formula is C21H29N3O3S. The van der Waals surface area contributed by atoms with Crippen LogP contribution in [0.4, 0.5) is 0 Å². The van der Waals surface area contributed by atoms with Crippen LogP contribution in [0.15, 0.2) is 30.2 Å². The zero-order valence-corrected chi connectivity index (χ0v) is 17.0. The minimum Gasteiger partial charge on any atom is -0.351 e. The molecule has 3 rings (SSSR count). The number of nitrogens with one attached hydrogen (secondary N) is 2. The summed E-state index contributed by atoms with van der Waals surface area (Å²) in [5.74, 6) is 0.0537. The molecule has 1 saturated heterocycles. The lowest BCUT2D eigenvalue weighted by Gasteiger charge is -2.36. The number of hydrogen-bond acceptors (Lipinski definition) is 4. The molecule has 1 aromatic rings. The summed E-state index contributed by atoms with van der Waals surface area (Å²) in [7, 11) is 0. The van der Waals surface area contributed by atoms with Crippen LogP contribution in [0.5, 0.6) is 0 Å². The third kappa shape index (κ3) is 5.01. The van der Waals surface area contributed by atoms with Gasteiger partial charge in [0.05, 0.1) is 4.88 Å². The molecular weight excluding hydrogens is 374 g/mol. The van der Waals surface area contributed by atoms with Crippen molar-refractivity contribution in [2.24, 2.45) is 11.8 Å². The summed E-state index contributed by atoms with van der Waals surface area (Å²) in [6, 6.07) is 2.97. The van der Waals surface area contributed by atoms with E-state index in [0.29, 0.717) is 24.5 Å². The molecule has 0 unspecified atom stereocenters. The van der Waals surface area contributed by atoms with E-state index in [1.54, 1.807) is 12.1 Å². The van der Waals surface area contributed by atoms with Crippen molar-refractivity contribution in [3.63, 3.8) is 0 Å². The highest BCUT2D eigenvalue weighted by atomic mass is 32.1. The Morgan fingerprint density at radius 1 is 1.21 bits per heavy atom. The first-order valence-corrected chi connectivity index (χ1v) is 11.0. The number of rotatable bonds is 7. The standard InChI is InChI=1S/C21H29N3O3S/c1-2-11-22-20(26)18(23-19(25)17-8-5-14-28-17)15-9-12-24(13-10-15)21(27)16-6-3-4-7-16/h2,5,8,14-16,18H,1,3-4,6-7,9-13H2,(H,22,26)(H,23,25)/t18-/m0/s1. The van der Waals surface area contributed by atoms with E-state index < -0.39 is 6.04 Å². The van der Waals surface area contributed by atoms with Crippen molar-refractivity contribution < 1.29 is 14.4 Å². The van der Waals surface area contributed by atoms with Gasteiger partial charge in [-0.25, -0.2) is 0 Å². The van der Waals surface area contributed by atoms with E-state index in [1.807, 2.05) is 16.3 Å². The molecule has 2 N–H and O–H groups in total. The summed E-state index contributed by atoms with van der Waals surface area (Å²) in [5.41, 5.74) is 0. The molecule has 2 heterocycles. The van der Waals surface area contributed by atoms with Crippen LogP contribution in [0.3, 0.4) is 0 Å². The Bertz CT molecular complexity index is 690. The lowest BCUT2D eigenvalue weighted by Crippen LogP contribution is -2.54. The Labute approximate surface area is 170 Å². The average Bonchev–Trinajstić information content (AvgIpc) is 3.44. The number of thiophene rings is 1. The molecule has 28 heavy (non-hydrogen) atoms. The van der Waals surface area contributed by atoms with Crippen LogP contribution < -0.4 is 10.6 Å². The van der Waals surface area contributed by atoms with Crippen LogP contribution in [0.2, 0.25) is 0 Å². The molecule has 1 aliphatic carbocycles. The van der Waals surface area contributed by atoms with Crippen molar-refractivity contribution in [3.8, 4) is 0 Å². The largest absolute Gasteiger partial charge is 0.351 e. The summed E-state index contributed by atoms with van der Waals surface area (Å²) >= 11 is 1.35. The van der Waals surface area contributed by atoms with Crippen LogP contribution >= 0.6 is 11.3 Å².